The number of likely N-dealkylation sites (N-methyl/N-ethyl adjacent to an activating group) is 1. The number of aryl methyl sites for hydroxylation is 2. The van der Waals surface area contributed by atoms with Crippen molar-refractivity contribution in [1.29, 1.82) is 0 Å². The van der Waals surface area contributed by atoms with Crippen LogP contribution in [0.25, 0.3) is 10.9 Å². The molecule has 1 aromatic heterocycles. The van der Waals surface area contributed by atoms with Crippen LogP contribution in [0, 0.1) is 3.57 Å². The summed E-state index contributed by atoms with van der Waals surface area (Å²) in [7, 11) is 2.23. The highest BCUT2D eigenvalue weighted by molar-refractivity contribution is 14.1. The predicted molar refractivity (Wildman–Crippen MR) is 105 cm³/mol. The summed E-state index contributed by atoms with van der Waals surface area (Å²) in [5, 5.41) is 1.45. The number of rotatable bonds is 3. The third-order valence-electron chi connectivity index (χ3n) is 4.87. The highest BCUT2D eigenvalue weighted by Crippen LogP contribution is 2.32. The summed E-state index contributed by atoms with van der Waals surface area (Å²) in [5.41, 5.74) is 5.92. The van der Waals surface area contributed by atoms with Crippen LogP contribution in [-0.2, 0) is 25.9 Å². The molecule has 0 fully saturated rings. The normalized spacial score (nSPS) is 15.0. The first-order valence-electron chi connectivity index (χ1n) is 8.24. The maximum Gasteiger partial charge on any atom is 0.0486 e. The minimum absolute atomic E-state index is 1.07. The number of nitrogens with zero attached hydrogens (tertiary/aromatic N) is 2. The first-order valence-corrected chi connectivity index (χ1v) is 9.32. The lowest BCUT2D eigenvalue weighted by Crippen LogP contribution is -2.27. The molecule has 1 aliphatic rings. The molecule has 4 rings (SSSR count). The van der Waals surface area contributed by atoms with Crippen molar-refractivity contribution in [1.82, 2.24) is 9.47 Å². The predicted octanol–water partition coefficient (Wildman–Crippen LogP) is 4.48. The van der Waals surface area contributed by atoms with Gasteiger partial charge in [0, 0.05) is 46.2 Å². The van der Waals surface area contributed by atoms with Gasteiger partial charge in [-0.2, -0.15) is 0 Å². The summed E-state index contributed by atoms with van der Waals surface area (Å²) in [6.07, 6.45) is 2.25. The van der Waals surface area contributed by atoms with Crippen LogP contribution in [0.1, 0.15) is 16.8 Å². The van der Waals surface area contributed by atoms with E-state index in [9.17, 15) is 0 Å². The van der Waals surface area contributed by atoms with Gasteiger partial charge < -0.3 is 9.47 Å². The van der Waals surface area contributed by atoms with Crippen molar-refractivity contribution in [3.8, 4) is 0 Å². The lowest BCUT2D eigenvalue weighted by atomic mass is 10.1. The molecule has 0 bridgehead atoms. The molecule has 0 unspecified atom stereocenters. The average Bonchev–Trinajstić information content (AvgIpc) is 2.86. The molecule has 1 aliphatic heterocycles. The molecular weight excluding hydrogens is 395 g/mol. The largest absolute Gasteiger partial charge is 0.344 e. The Labute approximate surface area is 151 Å². The zero-order chi connectivity index (χ0) is 15.8. The average molecular weight is 416 g/mol. The molecule has 118 valence electrons. The van der Waals surface area contributed by atoms with Gasteiger partial charge in [-0.1, -0.05) is 30.3 Å². The van der Waals surface area contributed by atoms with Gasteiger partial charge in [0.1, 0.15) is 0 Å². The van der Waals surface area contributed by atoms with Gasteiger partial charge in [-0.05, 0) is 65.4 Å². The van der Waals surface area contributed by atoms with E-state index in [0.29, 0.717) is 0 Å². The summed E-state index contributed by atoms with van der Waals surface area (Å²) in [6.45, 7) is 3.30. The number of fused-ring (bicyclic) bond motifs is 3. The highest BCUT2D eigenvalue weighted by atomic mass is 127. The molecular formula is C20H21IN2. The fraction of sp³-hybridized carbons (Fsp3) is 0.300. The SMILES string of the molecule is CN1CCc2c(c3cc(I)ccc3n2CCc2ccccc2)C1. The van der Waals surface area contributed by atoms with Crippen LogP contribution < -0.4 is 0 Å². The fourth-order valence-corrected chi connectivity index (χ4v) is 4.19. The minimum Gasteiger partial charge on any atom is -0.344 e. The Hall–Kier alpha value is -1.33. The van der Waals surface area contributed by atoms with Crippen LogP contribution in [0.2, 0.25) is 0 Å². The zero-order valence-corrected chi connectivity index (χ0v) is 15.6. The van der Waals surface area contributed by atoms with Crippen LogP contribution in [0.15, 0.2) is 48.5 Å². The Morgan fingerprint density at radius 2 is 1.91 bits per heavy atom. The molecule has 0 aliphatic carbocycles. The molecule has 2 aromatic carbocycles. The smallest absolute Gasteiger partial charge is 0.0486 e. The molecule has 0 radical (unpaired) electrons. The summed E-state index contributed by atoms with van der Waals surface area (Å²) in [5.74, 6) is 0. The molecule has 0 amide bonds. The monoisotopic (exact) mass is 416 g/mol. The first kappa shape index (κ1) is 15.2. The van der Waals surface area contributed by atoms with E-state index in [4.69, 9.17) is 0 Å². The molecule has 0 atom stereocenters. The van der Waals surface area contributed by atoms with E-state index < -0.39 is 0 Å². The summed E-state index contributed by atoms with van der Waals surface area (Å²) in [4.78, 5) is 2.43. The van der Waals surface area contributed by atoms with Crippen molar-refractivity contribution >= 4 is 33.5 Å². The van der Waals surface area contributed by atoms with E-state index in [1.165, 1.54) is 20.0 Å². The van der Waals surface area contributed by atoms with Gasteiger partial charge in [-0.15, -0.1) is 0 Å². The van der Waals surface area contributed by atoms with E-state index in [1.807, 2.05) is 0 Å². The van der Waals surface area contributed by atoms with Crippen molar-refractivity contribution in [2.75, 3.05) is 13.6 Å². The van der Waals surface area contributed by atoms with E-state index in [-0.39, 0.29) is 0 Å². The van der Waals surface area contributed by atoms with Crippen LogP contribution in [0.4, 0.5) is 0 Å². The lowest BCUT2D eigenvalue weighted by molar-refractivity contribution is 0.309. The van der Waals surface area contributed by atoms with Gasteiger partial charge in [0.25, 0.3) is 0 Å². The number of hydrogen-bond acceptors (Lipinski definition) is 1. The molecule has 23 heavy (non-hydrogen) atoms. The van der Waals surface area contributed by atoms with Crippen LogP contribution in [0.3, 0.4) is 0 Å². The van der Waals surface area contributed by atoms with E-state index in [2.05, 4.69) is 87.6 Å². The zero-order valence-electron chi connectivity index (χ0n) is 13.4. The molecule has 0 saturated carbocycles. The van der Waals surface area contributed by atoms with Crippen molar-refractivity contribution < 1.29 is 0 Å². The first-order chi connectivity index (χ1) is 11.2. The molecule has 3 aromatic rings. The second-order valence-corrected chi connectivity index (χ2v) is 7.71. The Morgan fingerprint density at radius 1 is 1.09 bits per heavy atom. The maximum absolute atomic E-state index is 2.57. The van der Waals surface area contributed by atoms with Crippen molar-refractivity contribution in [2.45, 2.75) is 25.9 Å². The molecule has 2 heterocycles. The van der Waals surface area contributed by atoms with Gasteiger partial charge in [-0.25, -0.2) is 0 Å². The van der Waals surface area contributed by atoms with Gasteiger partial charge in [0.2, 0.25) is 0 Å². The molecule has 0 saturated heterocycles. The summed E-state index contributed by atoms with van der Waals surface area (Å²) in [6, 6.07) is 17.7. The third kappa shape index (κ3) is 2.92. The van der Waals surface area contributed by atoms with Crippen LogP contribution in [-0.4, -0.2) is 23.1 Å². The topological polar surface area (TPSA) is 8.17 Å². The maximum atomic E-state index is 2.57. The second kappa shape index (κ2) is 6.29. The Morgan fingerprint density at radius 3 is 2.74 bits per heavy atom. The third-order valence-corrected chi connectivity index (χ3v) is 5.54. The second-order valence-electron chi connectivity index (χ2n) is 6.46. The van der Waals surface area contributed by atoms with Gasteiger partial charge in [0.15, 0.2) is 0 Å². The fourth-order valence-electron chi connectivity index (χ4n) is 3.70. The van der Waals surface area contributed by atoms with Crippen molar-refractivity contribution in [2.24, 2.45) is 0 Å². The lowest BCUT2D eigenvalue weighted by Gasteiger charge is -2.24. The minimum atomic E-state index is 1.07. The van der Waals surface area contributed by atoms with Crippen LogP contribution >= 0.6 is 22.6 Å². The summed E-state index contributed by atoms with van der Waals surface area (Å²) >= 11 is 2.43. The van der Waals surface area contributed by atoms with Crippen molar-refractivity contribution in [3.63, 3.8) is 0 Å². The van der Waals surface area contributed by atoms with E-state index in [1.54, 1.807) is 11.3 Å². The Balaban J connectivity index is 1.76. The molecule has 0 spiro atoms. The van der Waals surface area contributed by atoms with E-state index >= 15 is 0 Å². The molecule has 0 N–H and O–H groups in total. The highest BCUT2D eigenvalue weighted by Gasteiger charge is 2.22. The number of benzene rings is 2. The van der Waals surface area contributed by atoms with E-state index in [0.717, 1.165) is 32.5 Å². The van der Waals surface area contributed by atoms with Gasteiger partial charge in [-0.3, -0.25) is 0 Å². The number of halogens is 1. The Kier molecular flexibility index (Phi) is 4.16. The van der Waals surface area contributed by atoms with Crippen LogP contribution in [0.5, 0.6) is 0 Å². The summed E-state index contributed by atoms with van der Waals surface area (Å²) < 4.78 is 3.90. The quantitative estimate of drug-likeness (QED) is 0.572. The standard InChI is InChI=1S/C20H21IN2/c1-22-11-10-20-18(14-22)17-13-16(21)7-8-19(17)23(20)12-9-15-5-3-2-4-6-15/h2-8,13H,9-12,14H2,1H3. The van der Waals surface area contributed by atoms with Gasteiger partial charge >= 0.3 is 0 Å². The number of aromatic nitrogens is 1. The molecule has 2 nitrogen and oxygen atoms in total. The Bertz CT molecular complexity index is 836. The van der Waals surface area contributed by atoms with Crippen molar-refractivity contribution in [3.05, 3.63) is 68.9 Å². The van der Waals surface area contributed by atoms with Gasteiger partial charge in [0.05, 0.1) is 0 Å². The molecule has 3 heteroatoms. The number of hydrogen-bond donors (Lipinski definition) is 0.